The van der Waals surface area contributed by atoms with Crippen molar-refractivity contribution >= 4 is 11.9 Å². The van der Waals surface area contributed by atoms with Crippen molar-refractivity contribution in [3.8, 4) is 0 Å². The average molecular weight is 188 g/mol. The van der Waals surface area contributed by atoms with Gasteiger partial charge in [-0.05, 0) is 19.3 Å². The summed E-state index contributed by atoms with van der Waals surface area (Å²) >= 11 is 0. The molecule has 1 N–H and O–H groups in total. The zero-order chi connectivity index (χ0) is 10.1. The van der Waals surface area contributed by atoms with Crippen molar-refractivity contribution in [3.63, 3.8) is 0 Å². The van der Waals surface area contributed by atoms with E-state index < -0.39 is 5.97 Å². The smallest absolute Gasteiger partial charge is 0.305 e. The lowest BCUT2D eigenvalue weighted by atomic mass is 10.2. The predicted octanol–water partition coefficient (Wildman–Crippen LogP) is 1.58. The van der Waals surface area contributed by atoms with Crippen LogP contribution in [0.3, 0.4) is 0 Å². The number of rotatable bonds is 7. The minimum Gasteiger partial charge on any atom is -0.481 e. The third kappa shape index (κ3) is 8.85. The Morgan fingerprint density at radius 2 is 1.85 bits per heavy atom. The molecule has 0 spiro atoms. The van der Waals surface area contributed by atoms with Crippen molar-refractivity contribution in [1.29, 1.82) is 0 Å². The Hall–Kier alpha value is -1.06. The van der Waals surface area contributed by atoms with Crippen LogP contribution in [0.1, 0.15) is 39.0 Å². The van der Waals surface area contributed by atoms with Gasteiger partial charge in [-0.3, -0.25) is 9.59 Å². The van der Waals surface area contributed by atoms with E-state index in [4.69, 9.17) is 9.84 Å². The maximum Gasteiger partial charge on any atom is 0.305 e. The number of carboxylic acids is 1. The molecule has 13 heavy (non-hydrogen) atoms. The lowest BCUT2D eigenvalue weighted by molar-refractivity contribution is -0.144. The Morgan fingerprint density at radius 1 is 1.23 bits per heavy atom. The number of hydrogen-bond acceptors (Lipinski definition) is 3. The second-order valence-corrected chi connectivity index (χ2v) is 2.82. The molecule has 0 aliphatic rings. The summed E-state index contributed by atoms with van der Waals surface area (Å²) in [5.41, 5.74) is 0. The minimum absolute atomic E-state index is 0.126. The highest BCUT2D eigenvalue weighted by Gasteiger charge is 2.02. The molecule has 0 rings (SSSR count). The van der Waals surface area contributed by atoms with Crippen molar-refractivity contribution in [1.82, 2.24) is 0 Å². The highest BCUT2D eigenvalue weighted by molar-refractivity contribution is 5.69. The first kappa shape index (κ1) is 11.9. The van der Waals surface area contributed by atoms with E-state index in [1.165, 1.54) is 0 Å². The van der Waals surface area contributed by atoms with Gasteiger partial charge in [0.05, 0.1) is 6.61 Å². The minimum atomic E-state index is -0.818. The van der Waals surface area contributed by atoms with E-state index in [-0.39, 0.29) is 12.4 Å². The molecule has 4 heteroatoms. The Morgan fingerprint density at radius 3 is 2.38 bits per heavy atom. The molecular weight excluding hydrogens is 172 g/mol. The van der Waals surface area contributed by atoms with Gasteiger partial charge in [-0.15, -0.1) is 0 Å². The van der Waals surface area contributed by atoms with Crippen molar-refractivity contribution < 1.29 is 19.4 Å². The molecule has 0 fully saturated rings. The third-order valence-corrected chi connectivity index (χ3v) is 1.49. The Labute approximate surface area is 77.9 Å². The lowest BCUT2D eigenvalue weighted by Gasteiger charge is -2.01. The SMILES string of the molecule is CCCOC(=O)CCCCC(=O)O. The van der Waals surface area contributed by atoms with Crippen LogP contribution in [0.25, 0.3) is 0 Å². The molecule has 0 bridgehead atoms. The van der Waals surface area contributed by atoms with Crippen LogP contribution in [-0.4, -0.2) is 23.7 Å². The number of unbranched alkanes of at least 4 members (excludes halogenated alkanes) is 1. The number of carboxylic acid groups (broad SMARTS) is 1. The fourth-order valence-electron chi connectivity index (χ4n) is 0.834. The molecule has 0 atom stereocenters. The van der Waals surface area contributed by atoms with E-state index in [1.807, 2.05) is 6.92 Å². The monoisotopic (exact) mass is 188 g/mol. The summed E-state index contributed by atoms with van der Waals surface area (Å²) in [5.74, 6) is -1.05. The Balaban J connectivity index is 3.22. The van der Waals surface area contributed by atoms with Crippen LogP contribution in [0.15, 0.2) is 0 Å². The van der Waals surface area contributed by atoms with Crippen molar-refractivity contribution in [2.75, 3.05) is 6.61 Å². The van der Waals surface area contributed by atoms with E-state index in [1.54, 1.807) is 0 Å². The van der Waals surface area contributed by atoms with Crippen LogP contribution in [0.5, 0.6) is 0 Å². The van der Waals surface area contributed by atoms with Gasteiger partial charge in [0.25, 0.3) is 0 Å². The fourth-order valence-corrected chi connectivity index (χ4v) is 0.834. The molecule has 0 aromatic carbocycles. The molecule has 0 aliphatic heterocycles. The molecule has 0 saturated carbocycles. The van der Waals surface area contributed by atoms with Gasteiger partial charge in [0.15, 0.2) is 0 Å². The van der Waals surface area contributed by atoms with Crippen LogP contribution in [0, 0.1) is 0 Å². The van der Waals surface area contributed by atoms with E-state index in [0.717, 1.165) is 6.42 Å². The molecule has 0 amide bonds. The number of hydrogen-bond donors (Lipinski definition) is 1. The molecule has 0 aliphatic carbocycles. The second kappa shape index (κ2) is 7.58. The number of ether oxygens (including phenoxy) is 1. The van der Waals surface area contributed by atoms with Gasteiger partial charge in [0.1, 0.15) is 0 Å². The van der Waals surface area contributed by atoms with E-state index in [9.17, 15) is 9.59 Å². The predicted molar refractivity (Wildman–Crippen MR) is 47.4 cm³/mol. The topological polar surface area (TPSA) is 63.6 Å². The van der Waals surface area contributed by atoms with Crippen molar-refractivity contribution in [2.24, 2.45) is 0 Å². The summed E-state index contributed by atoms with van der Waals surface area (Å²) in [4.78, 5) is 21.0. The summed E-state index contributed by atoms with van der Waals surface area (Å²) in [6, 6.07) is 0. The summed E-state index contributed by atoms with van der Waals surface area (Å²) < 4.78 is 4.81. The largest absolute Gasteiger partial charge is 0.481 e. The van der Waals surface area contributed by atoms with Gasteiger partial charge in [0.2, 0.25) is 0 Å². The highest BCUT2D eigenvalue weighted by atomic mass is 16.5. The summed E-state index contributed by atoms with van der Waals surface area (Å²) in [5, 5.41) is 8.30. The second-order valence-electron chi connectivity index (χ2n) is 2.82. The van der Waals surface area contributed by atoms with Gasteiger partial charge in [0, 0.05) is 12.8 Å². The first-order valence-corrected chi connectivity index (χ1v) is 4.54. The number of aliphatic carboxylic acids is 1. The molecule has 76 valence electrons. The first-order valence-electron chi connectivity index (χ1n) is 4.54. The van der Waals surface area contributed by atoms with Gasteiger partial charge in [-0.1, -0.05) is 6.92 Å². The van der Waals surface area contributed by atoms with Crippen molar-refractivity contribution in [3.05, 3.63) is 0 Å². The zero-order valence-corrected chi connectivity index (χ0v) is 7.91. The number of carbonyl (C=O) groups is 2. The fraction of sp³-hybridized carbons (Fsp3) is 0.778. The molecule has 0 aromatic heterocycles. The number of carbonyl (C=O) groups excluding carboxylic acids is 1. The third-order valence-electron chi connectivity index (χ3n) is 1.49. The molecule has 0 radical (unpaired) electrons. The van der Waals surface area contributed by atoms with E-state index in [0.29, 0.717) is 25.9 Å². The molecular formula is C9H16O4. The first-order chi connectivity index (χ1) is 6.16. The van der Waals surface area contributed by atoms with E-state index in [2.05, 4.69) is 0 Å². The maximum absolute atomic E-state index is 10.9. The Kier molecular flexibility index (Phi) is 6.96. The molecule has 0 saturated heterocycles. The van der Waals surface area contributed by atoms with Crippen molar-refractivity contribution in [2.45, 2.75) is 39.0 Å². The standard InChI is InChI=1S/C9H16O4/c1-2-7-13-9(12)6-4-3-5-8(10)11/h2-7H2,1H3,(H,10,11). The van der Waals surface area contributed by atoms with Crippen LogP contribution in [0.2, 0.25) is 0 Å². The van der Waals surface area contributed by atoms with Gasteiger partial charge >= 0.3 is 11.9 Å². The van der Waals surface area contributed by atoms with Crippen LogP contribution in [0.4, 0.5) is 0 Å². The molecule has 0 heterocycles. The Bertz CT molecular complexity index is 165. The lowest BCUT2D eigenvalue weighted by Crippen LogP contribution is -2.05. The van der Waals surface area contributed by atoms with Crippen LogP contribution >= 0.6 is 0 Å². The van der Waals surface area contributed by atoms with Gasteiger partial charge in [-0.2, -0.15) is 0 Å². The van der Waals surface area contributed by atoms with Gasteiger partial charge < -0.3 is 9.84 Å². The van der Waals surface area contributed by atoms with Crippen LogP contribution < -0.4 is 0 Å². The molecule has 0 unspecified atom stereocenters. The summed E-state index contributed by atoms with van der Waals surface area (Å²) in [7, 11) is 0. The normalized spacial score (nSPS) is 9.62. The average Bonchev–Trinajstić information content (AvgIpc) is 2.08. The molecule has 4 nitrogen and oxygen atoms in total. The zero-order valence-electron chi connectivity index (χ0n) is 7.91. The maximum atomic E-state index is 10.9. The van der Waals surface area contributed by atoms with E-state index >= 15 is 0 Å². The summed E-state index contributed by atoms with van der Waals surface area (Å²) in [6.45, 7) is 2.38. The number of esters is 1. The molecule has 0 aromatic rings. The van der Waals surface area contributed by atoms with Gasteiger partial charge in [-0.25, -0.2) is 0 Å². The highest BCUT2D eigenvalue weighted by Crippen LogP contribution is 2.01. The summed E-state index contributed by atoms with van der Waals surface area (Å²) in [6.07, 6.45) is 2.40. The quantitative estimate of drug-likeness (QED) is 0.486. The van der Waals surface area contributed by atoms with Crippen LogP contribution in [-0.2, 0) is 14.3 Å².